The van der Waals surface area contributed by atoms with Crippen LogP contribution in [0.4, 0.5) is 0 Å². The number of aliphatic hydroxyl groups is 1. The zero-order valence-electron chi connectivity index (χ0n) is 15.0. The average molecular weight is 373 g/mol. The molecule has 0 saturated carbocycles. The molecular weight excluding hydrogens is 350 g/mol. The topological polar surface area (TPSA) is 100 Å². The Hall–Kier alpha value is -2.61. The fourth-order valence-electron chi connectivity index (χ4n) is 3.79. The number of nitrogens with one attached hydrogen (secondary N) is 1. The lowest BCUT2D eigenvalue weighted by atomic mass is 9.86. The van der Waals surface area contributed by atoms with E-state index in [9.17, 15) is 14.7 Å². The third kappa shape index (κ3) is 3.90. The second kappa shape index (κ2) is 7.56. The number of piperidine rings is 1. The molecule has 0 radical (unpaired) electrons. The van der Waals surface area contributed by atoms with Crippen LogP contribution in [0.3, 0.4) is 0 Å². The molecule has 8 nitrogen and oxygen atoms in total. The lowest BCUT2D eigenvalue weighted by molar-refractivity contribution is -0.134. The van der Waals surface area contributed by atoms with Gasteiger partial charge in [-0.1, -0.05) is 6.07 Å². The van der Waals surface area contributed by atoms with Crippen molar-refractivity contribution in [3.05, 3.63) is 23.8 Å². The lowest BCUT2D eigenvalue weighted by Crippen LogP contribution is -2.45. The van der Waals surface area contributed by atoms with Crippen LogP contribution in [0.1, 0.15) is 43.6 Å². The van der Waals surface area contributed by atoms with Gasteiger partial charge in [-0.15, -0.1) is 0 Å². The van der Waals surface area contributed by atoms with Crippen molar-refractivity contribution in [3.8, 4) is 11.5 Å². The number of hydrogen-bond acceptors (Lipinski definition) is 6. The van der Waals surface area contributed by atoms with Gasteiger partial charge in [-0.2, -0.15) is 5.10 Å². The van der Waals surface area contributed by atoms with Gasteiger partial charge in [0, 0.05) is 37.6 Å². The summed E-state index contributed by atoms with van der Waals surface area (Å²) in [6.45, 7) is 1.16. The van der Waals surface area contributed by atoms with Gasteiger partial charge in [-0.05, 0) is 37.0 Å². The summed E-state index contributed by atoms with van der Waals surface area (Å²) in [6.07, 6.45) is 1.99. The number of rotatable bonds is 4. The van der Waals surface area contributed by atoms with Crippen molar-refractivity contribution in [2.24, 2.45) is 5.10 Å². The molecule has 0 aliphatic carbocycles. The van der Waals surface area contributed by atoms with Crippen molar-refractivity contribution in [1.82, 2.24) is 10.3 Å². The van der Waals surface area contributed by atoms with Crippen LogP contribution in [0.2, 0.25) is 0 Å². The number of hydrazone groups is 1. The molecule has 1 saturated heterocycles. The summed E-state index contributed by atoms with van der Waals surface area (Å²) in [6, 6.07) is 5.74. The molecule has 8 heteroatoms. The molecule has 2 N–H and O–H groups in total. The van der Waals surface area contributed by atoms with Crippen molar-refractivity contribution in [2.75, 3.05) is 19.9 Å². The van der Waals surface area contributed by atoms with E-state index in [1.165, 1.54) is 0 Å². The van der Waals surface area contributed by atoms with Gasteiger partial charge in [0.25, 0.3) is 0 Å². The van der Waals surface area contributed by atoms with Gasteiger partial charge in [-0.25, -0.2) is 5.43 Å². The molecule has 0 spiro atoms. The standard InChI is InChI=1S/C19H23N3O5/c23-15-10-22(19(25)6-3-13-2-5-18(24)21-20-13)8-7-14(15)12-1-4-16-17(9-12)27-11-26-16/h1,4,9,14-15,23H,2-3,5-8,10-11H2,(H,21,24)/t14-,15+/m0/s1. The number of fused-ring (bicyclic) bond motifs is 1. The Morgan fingerprint density at radius 1 is 1.30 bits per heavy atom. The number of benzene rings is 1. The van der Waals surface area contributed by atoms with Gasteiger partial charge in [-0.3, -0.25) is 9.59 Å². The van der Waals surface area contributed by atoms with Crippen molar-refractivity contribution in [1.29, 1.82) is 0 Å². The zero-order chi connectivity index (χ0) is 18.8. The summed E-state index contributed by atoms with van der Waals surface area (Å²) in [7, 11) is 0. The molecule has 2 amide bonds. The fraction of sp³-hybridized carbons (Fsp3) is 0.526. The highest BCUT2D eigenvalue weighted by molar-refractivity contribution is 5.94. The minimum atomic E-state index is -0.616. The number of hydrogen-bond donors (Lipinski definition) is 2. The fourth-order valence-corrected chi connectivity index (χ4v) is 3.79. The number of carbonyl (C=O) groups is 2. The van der Waals surface area contributed by atoms with Gasteiger partial charge >= 0.3 is 0 Å². The maximum absolute atomic E-state index is 12.5. The Kier molecular flexibility index (Phi) is 4.98. The van der Waals surface area contributed by atoms with Crippen LogP contribution in [-0.4, -0.2) is 53.5 Å². The second-order valence-corrected chi connectivity index (χ2v) is 7.13. The van der Waals surface area contributed by atoms with E-state index < -0.39 is 6.10 Å². The quantitative estimate of drug-likeness (QED) is 0.824. The van der Waals surface area contributed by atoms with E-state index in [2.05, 4.69) is 10.5 Å². The molecule has 1 aromatic carbocycles. The summed E-state index contributed by atoms with van der Waals surface area (Å²) in [4.78, 5) is 25.3. The first-order valence-corrected chi connectivity index (χ1v) is 9.30. The van der Waals surface area contributed by atoms with Crippen LogP contribution in [0.15, 0.2) is 23.3 Å². The third-order valence-corrected chi connectivity index (χ3v) is 5.37. The molecule has 3 aliphatic rings. The number of amides is 2. The minimum Gasteiger partial charge on any atom is -0.454 e. The smallest absolute Gasteiger partial charge is 0.240 e. The Balaban J connectivity index is 1.31. The van der Waals surface area contributed by atoms with Crippen LogP contribution >= 0.6 is 0 Å². The molecule has 3 heterocycles. The maximum Gasteiger partial charge on any atom is 0.240 e. The largest absolute Gasteiger partial charge is 0.454 e. The maximum atomic E-state index is 12.5. The van der Waals surface area contributed by atoms with Crippen molar-refractivity contribution in [3.63, 3.8) is 0 Å². The summed E-state index contributed by atoms with van der Waals surface area (Å²) in [5.41, 5.74) is 4.30. The van der Waals surface area contributed by atoms with Gasteiger partial charge in [0.2, 0.25) is 18.6 Å². The van der Waals surface area contributed by atoms with Gasteiger partial charge < -0.3 is 19.5 Å². The first kappa shape index (κ1) is 17.8. The molecule has 1 fully saturated rings. The Morgan fingerprint density at radius 2 is 2.15 bits per heavy atom. The van der Waals surface area contributed by atoms with Gasteiger partial charge in [0.15, 0.2) is 11.5 Å². The molecule has 4 rings (SSSR count). The van der Waals surface area contributed by atoms with Gasteiger partial charge in [0.1, 0.15) is 0 Å². The molecule has 2 atom stereocenters. The normalized spacial score (nSPS) is 24.4. The number of ether oxygens (including phenoxy) is 2. The molecule has 144 valence electrons. The number of likely N-dealkylation sites (tertiary alicyclic amines) is 1. The Labute approximate surface area is 157 Å². The predicted octanol–water partition coefficient (Wildman–Crippen LogP) is 1.14. The average Bonchev–Trinajstić information content (AvgIpc) is 3.15. The highest BCUT2D eigenvalue weighted by Gasteiger charge is 2.32. The minimum absolute atomic E-state index is 0.0118. The van der Waals surface area contributed by atoms with E-state index >= 15 is 0 Å². The van der Waals surface area contributed by atoms with Crippen molar-refractivity contribution in [2.45, 2.75) is 44.1 Å². The molecule has 27 heavy (non-hydrogen) atoms. The van der Waals surface area contributed by atoms with Crippen molar-refractivity contribution >= 4 is 17.5 Å². The van der Waals surface area contributed by atoms with Crippen LogP contribution in [0.25, 0.3) is 0 Å². The zero-order valence-corrected chi connectivity index (χ0v) is 15.0. The van der Waals surface area contributed by atoms with Gasteiger partial charge in [0.05, 0.1) is 6.10 Å². The lowest BCUT2D eigenvalue weighted by Gasteiger charge is -2.36. The third-order valence-electron chi connectivity index (χ3n) is 5.37. The Bertz CT molecular complexity index is 779. The molecule has 0 unspecified atom stereocenters. The van der Waals surface area contributed by atoms with E-state index in [0.29, 0.717) is 50.9 Å². The first-order valence-electron chi connectivity index (χ1n) is 9.30. The predicted molar refractivity (Wildman–Crippen MR) is 96.6 cm³/mol. The molecule has 0 bridgehead atoms. The number of β-amino-alcohol motifs (C(OH)–C–C–N with tert-alkyl or cyclic N) is 1. The molecule has 0 aromatic heterocycles. The summed E-state index contributed by atoms with van der Waals surface area (Å²) < 4.78 is 10.7. The second-order valence-electron chi connectivity index (χ2n) is 7.13. The molecular formula is C19H23N3O5. The highest BCUT2D eigenvalue weighted by Crippen LogP contribution is 2.37. The number of aliphatic hydroxyl groups excluding tert-OH is 1. The van der Waals surface area contributed by atoms with E-state index in [4.69, 9.17) is 9.47 Å². The van der Waals surface area contributed by atoms with E-state index in [1.807, 2.05) is 18.2 Å². The van der Waals surface area contributed by atoms with E-state index in [0.717, 1.165) is 17.0 Å². The SMILES string of the molecule is O=C1CCC(CCC(=O)N2CC[C@@H](c3ccc4c(c3)OCO4)[C@H](O)C2)=NN1. The van der Waals surface area contributed by atoms with Crippen LogP contribution in [0.5, 0.6) is 11.5 Å². The number of carbonyl (C=O) groups excluding carboxylic acids is 2. The molecule has 1 aromatic rings. The van der Waals surface area contributed by atoms with Crippen LogP contribution in [-0.2, 0) is 9.59 Å². The van der Waals surface area contributed by atoms with Crippen molar-refractivity contribution < 1.29 is 24.2 Å². The van der Waals surface area contributed by atoms with E-state index in [-0.39, 0.29) is 24.5 Å². The molecule has 3 aliphatic heterocycles. The monoisotopic (exact) mass is 373 g/mol. The van der Waals surface area contributed by atoms with E-state index in [1.54, 1.807) is 4.90 Å². The summed E-state index contributed by atoms with van der Waals surface area (Å²) in [5, 5.41) is 14.6. The number of nitrogens with zero attached hydrogens (tertiary/aromatic N) is 2. The van der Waals surface area contributed by atoms with Crippen LogP contribution < -0.4 is 14.9 Å². The first-order chi connectivity index (χ1) is 13.1. The summed E-state index contributed by atoms with van der Waals surface area (Å²) >= 11 is 0. The summed E-state index contributed by atoms with van der Waals surface area (Å²) in [5.74, 6) is 1.33. The van der Waals surface area contributed by atoms with Crippen LogP contribution in [0, 0.1) is 0 Å². The highest BCUT2D eigenvalue weighted by atomic mass is 16.7. The Morgan fingerprint density at radius 3 is 2.93 bits per heavy atom.